The Labute approximate surface area is 119 Å². The van der Waals surface area contributed by atoms with E-state index in [1.54, 1.807) is 25.1 Å². The fourth-order valence-electron chi connectivity index (χ4n) is 2.10. The van der Waals surface area contributed by atoms with Crippen LogP contribution in [0.25, 0.3) is 0 Å². The van der Waals surface area contributed by atoms with Gasteiger partial charge in [-0.15, -0.1) is 0 Å². The topological polar surface area (TPSA) is 87.4 Å². The van der Waals surface area contributed by atoms with Crippen molar-refractivity contribution < 1.29 is 10.0 Å². The lowest BCUT2D eigenvalue weighted by molar-refractivity contribution is -0.383. The number of nitro groups is 1. The molecule has 0 aromatic heterocycles. The number of nitrogens with zero attached hydrogens (tertiary/aromatic N) is 1. The summed E-state index contributed by atoms with van der Waals surface area (Å²) in [4.78, 5) is 10.9. The Morgan fingerprint density at radius 2 is 2.00 bits per heavy atom. The highest BCUT2D eigenvalue weighted by Crippen LogP contribution is 2.33. The second-order valence-electron chi connectivity index (χ2n) is 5.02. The molecule has 6 nitrogen and oxygen atoms in total. The van der Waals surface area contributed by atoms with Crippen molar-refractivity contribution in [1.29, 1.82) is 0 Å². The molecular weight excluding hydrogens is 258 g/mol. The second kappa shape index (κ2) is 7.69. The third kappa shape index (κ3) is 4.70. The number of aliphatic hydroxyl groups excluding tert-OH is 1. The maximum atomic E-state index is 11.3. The van der Waals surface area contributed by atoms with Crippen LogP contribution in [-0.4, -0.2) is 28.7 Å². The first-order valence-corrected chi connectivity index (χ1v) is 6.91. The summed E-state index contributed by atoms with van der Waals surface area (Å²) in [6, 6.07) is 5.13. The molecule has 3 N–H and O–H groups in total. The van der Waals surface area contributed by atoms with Gasteiger partial charge in [-0.2, -0.15) is 0 Å². The summed E-state index contributed by atoms with van der Waals surface area (Å²) in [5, 5.41) is 26.8. The molecule has 0 aliphatic rings. The molecule has 1 aromatic carbocycles. The summed E-state index contributed by atoms with van der Waals surface area (Å²) >= 11 is 0. The monoisotopic (exact) mass is 281 g/mol. The highest BCUT2D eigenvalue weighted by atomic mass is 16.6. The average Bonchev–Trinajstić information content (AvgIpc) is 2.34. The van der Waals surface area contributed by atoms with Crippen molar-refractivity contribution in [3.05, 3.63) is 28.3 Å². The van der Waals surface area contributed by atoms with Crippen molar-refractivity contribution in [2.24, 2.45) is 0 Å². The molecule has 0 saturated carbocycles. The molecule has 1 aromatic rings. The van der Waals surface area contributed by atoms with Crippen LogP contribution in [-0.2, 0) is 0 Å². The number of rotatable bonds is 8. The Bertz CT molecular complexity index is 449. The molecule has 0 aliphatic carbocycles. The molecule has 20 heavy (non-hydrogen) atoms. The van der Waals surface area contributed by atoms with E-state index in [-0.39, 0.29) is 16.7 Å². The summed E-state index contributed by atoms with van der Waals surface area (Å²) in [7, 11) is 0. The van der Waals surface area contributed by atoms with Crippen molar-refractivity contribution in [3.8, 4) is 0 Å². The summed E-state index contributed by atoms with van der Waals surface area (Å²) in [6.07, 6.45) is 0.981. The Morgan fingerprint density at radius 1 is 1.35 bits per heavy atom. The SMILES string of the molecule is CCCNc1cccc(NC(C)CC(C)O)c1[N+](=O)[O-]. The Kier molecular flexibility index (Phi) is 6.24. The molecule has 0 radical (unpaired) electrons. The van der Waals surface area contributed by atoms with Crippen molar-refractivity contribution in [2.45, 2.75) is 45.8 Å². The lowest BCUT2D eigenvalue weighted by atomic mass is 10.1. The third-order valence-corrected chi connectivity index (χ3v) is 2.88. The molecule has 1 rings (SSSR count). The number of para-hydroxylation sites is 1. The molecule has 2 atom stereocenters. The molecule has 0 bridgehead atoms. The quantitative estimate of drug-likeness (QED) is 0.503. The number of anilines is 2. The van der Waals surface area contributed by atoms with Gasteiger partial charge in [0, 0.05) is 12.6 Å². The van der Waals surface area contributed by atoms with E-state index < -0.39 is 6.10 Å². The van der Waals surface area contributed by atoms with E-state index in [4.69, 9.17) is 0 Å². The molecular formula is C14H23N3O3. The van der Waals surface area contributed by atoms with Crippen LogP contribution in [0.1, 0.15) is 33.6 Å². The van der Waals surface area contributed by atoms with Crippen LogP contribution in [0, 0.1) is 10.1 Å². The fraction of sp³-hybridized carbons (Fsp3) is 0.571. The van der Waals surface area contributed by atoms with E-state index >= 15 is 0 Å². The first-order valence-electron chi connectivity index (χ1n) is 6.91. The maximum Gasteiger partial charge on any atom is 0.315 e. The standard InChI is InChI=1S/C14H23N3O3/c1-4-8-15-12-6-5-7-13(14(12)17(19)20)16-10(2)9-11(3)18/h5-7,10-11,15-16,18H,4,8-9H2,1-3H3. The molecule has 0 saturated heterocycles. The van der Waals surface area contributed by atoms with E-state index in [1.165, 1.54) is 0 Å². The molecule has 0 aliphatic heterocycles. The van der Waals surface area contributed by atoms with Crippen molar-refractivity contribution in [2.75, 3.05) is 17.2 Å². The van der Waals surface area contributed by atoms with Gasteiger partial charge < -0.3 is 15.7 Å². The molecule has 0 spiro atoms. The zero-order valence-electron chi connectivity index (χ0n) is 12.2. The fourth-order valence-corrected chi connectivity index (χ4v) is 2.10. The Hall–Kier alpha value is -1.82. The van der Waals surface area contributed by atoms with E-state index in [0.29, 0.717) is 24.3 Å². The Balaban J connectivity index is 2.97. The normalized spacial score (nSPS) is 13.6. The highest BCUT2D eigenvalue weighted by Gasteiger charge is 2.20. The minimum absolute atomic E-state index is 0.0462. The van der Waals surface area contributed by atoms with Gasteiger partial charge in [0.15, 0.2) is 0 Å². The lowest BCUT2D eigenvalue weighted by Crippen LogP contribution is -2.21. The van der Waals surface area contributed by atoms with Gasteiger partial charge in [-0.25, -0.2) is 0 Å². The maximum absolute atomic E-state index is 11.3. The number of benzene rings is 1. The van der Waals surface area contributed by atoms with Crippen LogP contribution in [0.2, 0.25) is 0 Å². The van der Waals surface area contributed by atoms with Crippen LogP contribution in [0.4, 0.5) is 17.1 Å². The number of nitro benzene ring substituents is 1. The third-order valence-electron chi connectivity index (χ3n) is 2.88. The first-order chi connectivity index (χ1) is 9.45. The molecule has 112 valence electrons. The van der Waals surface area contributed by atoms with Crippen molar-refractivity contribution >= 4 is 17.1 Å². The van der Waals surface area contributed by atoms with Gasteiger partial charge in [-0.05, 0) is 38.8 Å². The summed E-state index contributed by atoms with van der Waals surface area (Å²) in [5.41, 5.74) is 1.05. The van der Waals surface area contributed by atoms with Crippen LogP contribution >= 0.6 is 0 Å². The molecule has 0 fully saturated rings. The van der Waals surface area contributed by atoms with Gasteiger partial charge in [-0.3, -0.25) is 10.1 Å². The van der Waals surface area contributed by atoms with Crippen molar-refractivity contribution in [3.63, 3.8) is 0 Å². The number of aliphatic hydroxyl groups is 1. The second-order valence-corrected chi connectivity index (χ2v) is 5.02. The van der Waals surface area contributed by atoms with Gasteiger partial charge in [0.05, 0.1) is 11.0 Å². The lowest BCUT2D eigenvalue weighted by Gasteiger charge is -2.17. The van der Waals surface area contributed by atoms with Gasteiger partial charge in [-0.1, -0.05) is 13.0 Å². The van der Waals surface area contributed by atoms with Gasteiger partial charge in [0.2, 0.25) is 0 Å². The van der Waals surface area contributed by atoms with Crippen molar-refractivity contribution in [1.82, 2.24) is 0 Å². The minimum Gasteiger partial charge on any atom is -0.393 e. The smallest absolute Gasteiger partial charge is 0.315 e. The number of hydrogen-bond acceptors (Lipinski definition) is 5. The van der Waals surface area contributed by atoms with E-state index in [9.17, 15) is 15.2 Å². The highest BCUT2D eigenvalue weighted by molar-refractivity contribution is 5.76. The van der Waals surface area contributed by atoms with Gasteiger partial charge >= 0.3 is 5.69 Å². The zero-order valence-corrected chi connectivity index (χ0v) is 12.2. The van der Waals surface area contributed by atoms with Crippen LogP contribution < -0.4 is 10.6 Å². The minimum atomic E-state index is -0.446. The van der Waals surface area contributed by atoms with Crippen LogP contribution in [0.3, 0.4) is 0 Å². The largest absolute Gasteiger partial charge is 0.393 e. The summed E-state index contributed by atoms with van der Waals surface area (Å²) in [5.74, 6) is 0. The van der Waals surface area contributed by atoms with E-state index in [1.807, 2.05) is 13.8 Å². The number of nitrogens with one attached hydrogen (secondary N) is 2. The van der Waals surface area contributed by atoms with Gasteiger partial charge in [0.25, 0.3) is 0 Å². The predicted molar refractivity (Wildman–Crippen MR) is 81.3 cm³/mol. The molecule has 0 heterocycles. The van der Waals surface area contributed by atoms with E-state index in [0.717, 1.165) is 6.42 Å². The van der Waals surface area contributed by atoms with Crippen LogP contribution in [0.15, 0.2) is 18.2 Å². The number of hydrogen-bond donors (Lipinski definition) is 3. The molecule has 0 amide bonds. The average molecular weight is 281 g/mol. The summed E-state index contributed by atoms with van der Waals surface area (Å²) < 4.78 is 0. The molecule has 2 unspecified atom stereocenters. The Morgan fingerprint density at radius 3 is 2.55 bits per heavy atom. The van der Waals surface area contributed by atoms with Gasteiger partial charge in [0.1, 0.15) is 11.4 Å². The molecule has 6 heteroatoms. The van der Waals surface area contributed by atoms with Crippen LogP contribution in [0.5, 0.6) is 0 Å². The summed E-state index contributed by atoms with van der Waals surface area (Å²) in [6.45, 7) is 6.29. The zero-order chi connectivity index (χ0) is 15.1. The van der Waals surface area contributed by atoms with E-state index in [2.05, 4.69) is 10.6 Å². The predicted octanol–water partition coefficient (Wildman–Crippen LogP) is 2.99. The first kappa shape index (κ1) is 16.2.